The number of anilines is 2. The zero-order valence-electron chi connectivity index (χ0n) is 16.8. The molecule has 3 aromatic rings. The minimum atomic E-state index is -0.433. The number of hydrogen-bond acceptors (Lipinski definition) is 8. The van der Waals surface area contributed by atoms with E-state index < -0.39 is 9.85 Å². The van der Waals surface area contributed by atoms with Crippen molar-refractivity contribution in [2.75, 3.05) is 36.0 Å². The molecule has 1 aromatic heterocycles. The van der Waals surface area contributed by atoms with Crippen LogP contribution in [0.1, 0.15) is 5.69 Å². The molecule has 2 heterocycles. The van der Waals surface area contributed by atoms with Crippen molar-refractivity contribution in [3.05, 3.63) is 80.5 Å². The van der Waals surface area contributed by atoms with Gasteiger partial charge in [0.2, 0.25) is 0 Å². The maximum absolute atomic E-state index is 11.1. The zero-order valence-corrected chi connectivity index (χ0v) is 16.8. The van der Waals surface area contributed by atoms with E-state index in [-0.39, 0.29) is 11.4 Å². The van der Waals surface area contributed by atoms with Crippen LogP contribution >= 0.6 is 0 Å². The van der Waals surface area contributed by atoms with E-state index >= 15 is 0 Å². The van der Waals surface area contributed by atoms with Crippen LogP contribution in [0.4, 0.5) is 22.9 Å². The van der Waals surface area contributed by atoms with Gasteiger partial charge in [-0.15, -0.1) is 0 Å². The molecular formula is C21H20N6O4. The van der Waals surface area contributed by atoms with E-state index in [0.29, 0.717) is 11.4 Å². The van der Waals surface area contributed by atoms with Crippen molar-refractivity contribution in [1.29, 1.82) is 0 Å². The maximum Gasteiger partial charge on any atom is 0.270 e. The van der Waals surface area contributed by atoms with Crippen molar-refractivity contribution in [1.82, 2.24) is 9.97 Å². The van der Waals surface area contributed by atoms with Crippen molar-refractivity contribution in [3.8, 4) is 11.4 Å². The number of aryl methyl sites for hydroxylation is 1. The number of rotatable bonds is 5. The monoisotopic (exact) mass is 420 g/mol. The summed E-state index contributed by atoms with van der Waals surface area (Å²) in [6.45, 7) is 4.81. The zero-order chi connectivity index (χ0) is 22.0. The molecule has 158 valence electrons. The summed E-state index contributed by atoms with van der Waals surface area (Å²) in [6.07, 6.45) is 0. The van der Waals surface area contributed by atoms with Gasteiger partial charge < -0.3 is 9.80 Å². The molecule has 0 atom stereocenters. The lowest BCUT2D eigenvalue weighted by Gasteiger charge is -2.36. The van der Waals surface area contributed by atoms with Crippen LogP contribution in [-0.4, -0.2) is 46.0 Å². The van der Waals surface area contributed by atoms with E-state index in [9.17, 15) is 20.2 Å². The van der Waals surface area contributed by atoms with Crippen LogP contribution in [0.15, 0.2) is 54.6 Å². The molecular weight excluding hydrogens is 400 g/mol. The Balaban J connectivity index is 1.50. The molecule has 10 nitrogen and oxygen atoms in total. The van der Waals surface area contributed by atoms with Crippen molar-refractivity contribution in [2.45, 2.75) is 6.92 Å². The van der Waals surface area contributed by atoms with Gasteiger partial charge in [-0.2, -0.15) is 0 Å². The number of nitrogens with zero attached hydrogens (tertiary/aromatic N) is 6. The van der Waals surface area contributed by atoms with Gasteiger partial charge in [0.1, 0.15) is 5.82 Å². The smallest absolute Gasteiger partial charge is 0.270 e. The summed E-state index contributed by atoms with van der Waals surface area (Å²) in [4.78, 5) is 34.5. The number of benzene rings is 2. The van der Waals surface area contributed by atoms with Crippen LogP contribution in [0.5, 0.6) is 0 Å². The van der Waals surface area contributed by atoms with Crippen LogP contribution in [0.3, 0.4) is 0 Å². The average Bonchev–Trinajstić information content (AvgIpc) is 2.79. The molecule has 1 saturated heterocycles. The van der Waals surface area contributed by atoms with Crippen LogP contribution in [-0.2, 0) is 0 Å². The molecule has 31 heavy (non-hydrogen) atoms. The normalized spacial score (nSPS) is 13.8. The molecule has 1 aliphatic heterocycles. The lowest BCUT2D eigenvalue weighted by molar-refractivity contribution is -0.385. The number of non-ortho nitro benzene ring substituents is 2. The van der Waals surface area contributed by atoms with E-state index in [1.54, 1.807) is 24.3 Å². The lowest BCUT2D eigenvalue weighted by atomic mass is 10.2. The highest BCUT2D eigenvalue weighted by molar-refractivity contribution is 5.61. The molecule has 4 rings (SSSR count). The van der Waals surface area contributed by atoms with Gasteiger partial charge in [0.15, 0.2) is 5.82 Å². The van der Waals surface area contributed by atoms with Crippen LogP contribution < -0.4 is 9.80 Å². The highest BCUT2D eigenvalue weighted by Crippen LogP contribution is 2.26. The summed E-state index contributed by atoms with van der Waals surface area (Å²) >= 11 is 0. The van der Waals surface area contributed by atoms with Crippen LogP contribution in [0.25, 0.3) is 11.4 Å². The van der Waals surface area contributed by atoms with Crippen molar-refractivity contribution in [3.63, 3.8) is 0 Å². The van der Waals surface area contributed by atoms with Crippen LogP contribution in [0, 0.1) is 27.2 Å². The quantitative estimate of drug-likeness (QED) is 0.454. The topological polar surface area (TPSA) is 119 Å². The molecule has 0 N–H and O–H groups in total. The number of aromatic nitrogens is 2. The third kappa shape index (κ3) is 4.42. The Bertz CT molecular complexity index is 1130. The van der Waals surface area contributed by atoms with Gasteiger partial charge in [-0.25, -0.2) is 9.97 Å². The van der Waals surface area contributed by atoms with Gasteiger partial charge in [0, 0.05) is 73.5 Å². The minimum Gasteiger partial charge on any atom is -0.368 e. The third-order valence-corrected chi connectivity index (χ3v) is 5.19. The second kappa shape index (κ2) is 8.34. The highest BCUT2D eigenvalue weighted by Gasteiger charge is 2.20. The van der Waals surface area contributed by atoms with Crippen molar-refractivity contribution in [2.24, 2.45) is 0 Å². The first-order chi connectivity index (χ1) is 14.9. The molecule has 1 fully saturated rings. The molecule has 10 heteroatoms. The van der Waals surface area contributed by atoms with Crippen molar-refractivity contribution < 1.29 is 9.85 Å². The number of nitro groups is 2. The molecule has 0 aliphatic carbocycles. The summed E-state index contributed by atoms with van der Waals surface area (Å²) < 4.78 is 0. The summed E-state index contributed by atoms with van der Waals surface area (Å²) in [7, 11) is 0. The Morgan fingerprint density at radius 3 is 2.10 bits per heavy atom. The molecule has 0 saturated carbocycles. The second-order valence-corrected chi connectivity index (χ2v) is 7.25. The number of hydrogen-bond donors (Lipinski definition) is 0. The van der Waals surface area contributed by atoms with Crippen LogP contribution in [0.2, 0.25) is 0 Å². The second-order valence-electron chi connectivity index (χ2n) is 7.25. The first-order valence-corrected chi connectivity index (χ1v) is 9.75. The maximum atomic E-state index is 11.1. The van der Waals surface area contributed by atoms with Gasteiger partial charge in [0.25, 0.3) is 11.4 Å². The Hall–Kier alpha value is -4.08. The molecule has 0 amide bonds. The SMILES string of the molecule is Cc1cc(N2CCN(c3ccc([N+](=O)[O-])cc3)CC2)nc(-c2cccc([N+](=O)[O-])c2)n1. The number of nitro benzene ring substituents is 2. The first-order valence-electron chi connectivity index (χ1n) is 9.75. The predicted octanol–water partition coefficient (Wildman–Crippen LogP) is 3.60. The lowest BCUT2D eigenvalue weighted by Crippen LogP contribution is -2.46. The van der Waals surface area contributed by atoms with E-state index in [2.05, 4.69) is 19.8 Å². The van der Waals surface area contributed by atoms with Crippen molar-refractivity contribution >= 4 is 22.9 Å². The fourth-order valence-corrected chi connectivity index (χ4v) is 3.58. The standard InChI is InChI=1S/C21H20N6O4/c1-15-13-20(23-21(22-15)16-3-2-4-19(14-16)27(30)31)25-11-9-24(10-12-25)17-5-7-18(8-6-17)26(28)29/h2-8,13-14H,9-12H2,1H3. The highest BCUT2D eigenvalue weighted by atomic mass is 16.6. The summed E-state index contributed by atoms with van der Waals surface area (Å²) in [5.41, 5.74) is 2.41. The van der Waals surface area contributed by atoms with E-state index in [0.717, 1.165) is 43.4 Å². The molecule has 1 aliphatic rings. The van der Waals surface area contributed by atoms with Gasteiger partial charge in [-0.05, 0) is 19.1 Å². The molecule has 2 aromatic carbocycles. The molecule has 0 spiro atoms. The molecule has 0 bridgehead atoms. The van der Waals surface area contributed by atoms with E-state index in [4.69, 9.17) is 0 Å². The summed E-state index contributed by atoms with van der Waals surface area (Å²) in [5, 5.41) is 21.9. The van der Waals surface area contributed by atoms with Gasteiger partial charge >= 0.3 is 0 Å². The molecule has 0 radical (unpaired) electrons. The average molecular weight is 420 g/mol. The van der Waals surface area contributed by atoms with Gasteiger partial charge in [-0.1, -0.05) is 12.1 Å². The van der Waals surface area contributed by atoms with E-state index in [1.165, 1.54) is 24.3 Å². The first kappa shape index (κ1) is 20.2. The number of piperazine rings is 1. The summed E-state index contributed by atoms with van der Waals surface area (Å²) in [5.74, 6) is 1.23. The third-order valence-electron chi connectivity index (χ3n) is 5.19. The largest absolute Gasteiger partial charge is 0.368 e. The van der Waals surface area contributed by atoms with E-state index in [1.807, 2.05) is 13.0 Å². The Labute approximate surface area is 178 Å². The predicted molar refractivity (Wildman–Crippen MR) is 116 cm³/mol. The summed E-state index contributed by atoms with van der Waals surface area (Å²) in [6, 6.07) is 14.8. The minimum absolute atomic E-state index is 0.000804. The Morgan fingerprint density at radius 2 is 1.45 bits per heavy atom. The molecule has 0 unspecified atom stereocenters. The fraction of sp³-hybridized carbons (Fsp3) is 0.238. The van der Waals surface area contributed by atoms with Gasteiger partial charge in [0.05, 0.1) is 9.85 Å². The van der Waals surface area contributed by atoms with Gasteiger partial charge in [-0.3, -0.25) is 20.2 Å². The Kier molecular flexibility index (Phi) is 5.44. The Morgan fingerprint density at radius 1 is 0.806 bits per heavy atom. The fourth-order valence-electron chi connectivity index (χ4n) is 3.58.